The van der Waals surface area contributed by atoms with E-state index in [4.69, 9.17) is 4.74 Å². The first-order chi connectivity index (χ1) is 16.9. The number of hydrogen-bond acceptors (Lipinski definition) is 8. The molecule has 1 aliphatic carbocycles. The number of nitrogens with zero attached hydrogens (tertiary/aromatic N) is 4. The third-order valence-corrected chi connectivity index (χ3v) is 6.91. The number of urea groups is 1. The standard InChI is InChI=1S/C24H26N6O4S/c1-35(32,33)20-5-3-2-4-19(20)22-27-21(28-23(29-22)30-12-14-34-15-13-30)16-6-8-17(9-7-16)25-24(31)26-18-10-11-18/h2-9,18H,10-15H2,1H3,(H2,25,26,31). The lowest BCUT2D eigenvalue weighted by molar-refractivity contribution is 0.122. The zero-order valence-corrected chi connectivity index (χ0v) is 20.1. The van der Waals surface area contributed by atoms with Crippen LogP contribution in [0, 0.1) is 0 Å². The summed E-state index contributed by atoms with van der Waals surface area (Å²) < 4.78 is 30.3. The molecule has 3 aromatic rings. The van der Waals surface area contributed by atoms with E-state index >= 15 is 0 Å². The van der Waals surface area contributed by atoms with Crippen LogP contribution in [0.3, 0.4) is 0 Å². The molecule has 1 saturated carbocycles. The molecular formula is C24H26N6O4S. The molecule has 0 spiro atoms. The molecule has 5 rings (SSSR count). The fraction of sp³-hybridized carbons (Fsp3) is 0.333. The molecule has 0 bridgehead atoms. The molecule has 2 heterocycles. The van der Waals surface area contributed by atoms with Crippen molar-refractivity contribution in [2.45, 2.75) is 23.8 Å². The van der Waals surface area contributed by atoms with Gasteiger partial charge in [0.2, 0.25) is 5.95 Å². The number of ether oxygens (including phenoxy) is 1. The molecule has 2 fully saturated rings. The Bertz CT molecular complexity index is 1340. The van der Waals surface area contributed by atoms with Gasteiger partial charge in [-0.2, -0.15) is 9.97 Å². The highest BCUT2D eigenvalue weighted by Crippen LogP contribution is 2.29. The van der Waals surface area contributed by atoms with E-state index in [1.807, 2.05) is 17.0 Å². The molecule has 182 valence electrons. The van der Waals surface area contributed by atoms with Crippen LogP contribution < -0.4 is 15.5 Å². The van der Waals surface area contributed by atoms with E-state index < -0.39 is 9.84 Å². The number of amides is 2. The highest BCUT2D eigenvalue weighted by molar-refractivity contribution is 7.90. The van der Waals surface area contributed by atoms with Crippen LogP contribution in [0.25, 0.3) is 22.8 Å². The van der Waals surface area contributed by atoms with Gasteiger partial charge in [-0.25, -0.2) is 18.2 Å². The predicted octanol–water partition coefficient (Wildman–Crippen LogP) is 2.73. The molecule has 2 amide bonds. The normalized spacial score (nSPS) is 16.1. The van der Waals surface area contributed by atoms with Crippen molar-refractivity contribution in [1.29, 1.82) is 0 Å². The van der Waals surface area contributed by atoms with Gasteiger partial charge >= 0.3 is 6.03 Å². The van der Waals surface area contributed by atoms with Gasteiger partial charge in [0.05, 0.1) is 18.1 Å². The number of carbonyl (C=O) groups is 1. The maximum absolute atomic E-state index is 12.4. The minimum Gasteiger partial charge on any atom is -0.378 e. The molecule has 10 nitrogen and oxygen atoms in total. The quantitative estimate of drug-likeness (QED) is 0.536. The van der Waals surface area contributed by atoms with Gasteiger partial charge in [-0.05, 0) is 49.2 Å². The third-order valence-electron chi connectivity index (χ3n) is 5.76. The zero-order chi connectivity index (χ0) is 24.4. The first kappa shape index (κ1) is 23.2. The molecule has 2 aliphatic rings. The van der Waals surface area contributed by atoms with Crippen LogP contribution in [0.2, 0.25) is 0 Å². The van der Waals surface area contributed by atoms with Crippen LogP contribution in [0.1, 0.15) is 12.8 Å². The summed E-state index contributed by atoms with van der Waals surface area (Å²) in [4.78, 5) is 28.1. The highest BCUT2D eigenvalue weighted by Gasteiger charge is 2.24. The molecular weight excluding hydrogens is 468 g/mol. The lowest BCUT2D eigenvalue weighted by Gasteiger charge is -2.27. The van der Waals surface area contributed by atoms with E-state index in [1.54, 1.807) is 36.4 Å². The maximum Gasteiger partial charge on any atom is 0.319 e. The number of benzene rings is 2. The Morgan fingerprint density at radius 1 is 0.971 bits per heavy atom. The molecule has 1 saturated heterocycles. The van der Waals surface area contributed by atoms with Gasteiger partial charge < -0.3 is 20.3 Å². The second-order valence-electron chi connectivity index (χ2n) is 8.60. The van der Waals surface area contributed by atoms with Crippen LogP contribution in [0.4, 0.5) is 16.4 Å². The first-order valence-corrected chi connectivity index (χ1v) is 13.3. The van der Waals surface area contributed by atoms with Crippen molar-refractivity contribution in [1.82, 2.24) is 20.3 Å². The summed E-state index contributed by atoms with van der Waals surface area (Å²) in [6.07, 6.45) is 3.20. The fourth-order valence-electron chi connectivity index (χ4n) is 3.78. The van der Waals surface area contributed by atoms with Crippen molar-refractivity contribution in [3.8, 4) is 22.8 Å². The number of anilines is 2. The number of morpholine rings is 1. The molecule has 2 aromatic carbocycles. The van der Waals surface area contributed by atoms with E-state index in [-0.39, 0.29) is 22.8 Å². The summed E-state index contributed by atoms with van der Waals surface area (Å²) in [5.74, 6) is 1.15. The molecule has 1 aliphatic heterocycles. The molecule has 11 heteroatoms. The minimum atomic E-state index is -3.50. The topological polar surface area (TPSA) is 126 Å². The predicted molar refractivity (Wildman–Crippen MR) is 132 cm³/mol. The minimum absolute atomic E-state index is 0.159. The second kappa shape index (κ2) is 9.59. The SMILES string of the molecule is CS(=O)(=O)c1ccccc1-c1nc(-c2ccc(NC(=O)NC3CC3)cc2)nc(N2CCOCC2)n1. The van der Waals surface area contributed by atoms with E-state index in [1.165, 1.54) is 6.26 Å². The molecule has 0 radical (unpaired) electrons. The Kier molecular flexibility index (Phi) is 6.35. The van der Waals surface area contributed by atoms with E-state index in [0.29, 0.717) is 54.9 Å². The summed E-state index contributed by atoms with van der Waals surface area (Å²) in [5, 5.41) is 5.71. The van der Waals surface area contributed by atoms with Gasteiger partial charge in [0.1, 0.15) is 0 Å². The Labute approximate surface area is 203 Å². The van der Waals surface area contributed by atoms with Crippen molar-refractivity contribution in [3.05, 3.63) is 48.5 Å². The fourth-order valence-corrected chi connectivity index (χ4v) is 4.66. The number of carbonyl (C=O) groups excluding carboxylic acids is 1. The van der Waals surface area contributed by atoms with Crippen LogP contribution in [0.5, 0.6) is 0 Å². The third kappa shape index (κ3) is 5.57. The Hall–Kier alpha value is -3.57. The van der Waals surface area contributed by atoms with Crippen molar-refractivity contribution in [2.24, 2.45) is 0 Å². The number of aromatic nitrogens is 3. The smallest absolute Gasteiger partial charge is 0.319 e. The lowest BCUT2D eigenvalue weighted by Crippen LogP contribution is -2.37. The molecule has 0 unspecified atom stereocenters. The van der Waals surface area contributed by atoms with Crippen molar-refractivity contribution in [2.75, 3.05) is 42.8 Å². The van der Waals surface area contributed by atoms with Gasteiger partial charge in [0, 0.05) is 42.2 Å². The van der Waals surface area contributed by atoms with Crippen molar-refractivity contribution in [3.63, 3.8) is 0 Å². The van der Waals surface area contributed by atoms with Crippen LogP contribution in [-0.4, -0.2) is 68.0 Å². The van der Waals surface area contributed by atoms with Gasteiger partial charge in [-0.1, -0.05) is 12.1 Å². The van der Waals surface area contributed by atoms with Crippen LogP contribution in [-0.2, 0) is 14.6 Å². The van der Waals surface area contributed by atoms with Gasteiger partial charge in [-0.15, -0.1) is 0 Å². The second-order valence-corrected chi connectivity index (χ2v) is 10.6. The zero-order valence-electron chi connectivity index (χ0n) is 19.3. The number of sulfone groups is 1. The van der Waals surface area contributed by atoms with Gasteiger partial charge in [-0.3, -0.25) is 0 Å². The van der Waals surface area contributed by atoms with Crippen molar-refractivity contribution >= 4 is 27.5 Å². The monoisotopic (exact) mass is 494 g/mol. The maximum atomic E-state index is 12.4. The van der Waals surface area contributed by atoms with E-state index in [2.05, 4.69) is 25.6 Å². The number of nitrogens with one attached hydrogen (secondary N) is 2. The Morgan fingerprint density at radius 3 is 2.34 bits per heavy atom. The Balaban J connectivity index is 1.51. The molecule has 35 heavy (non-hydrogen) atoms. The number of rotatable bonds is 6. The highest BCUT2D eigenvalue weighted by atomic mass is 32.2. The van der Waals surface area contributed by atoms with E-state index in [0.717, 1.165) is 12.8 Å². The van der Waals surface area contributed by atoms with E-state index in [9.17, 15) is 13.2 Å². The van der Waals surface area contributed by atoms with Crippen molar-refractivity contribution < 1.29 is 17.9 Å². The van der Waals surface area contributed by atoms with Crippen LogP contribution >= 0.6 is 0 Å². The summed E-state index contributed by atoms with van der Waals surface area (Å²) in [6.45, 7) is 2.35. The number of hydrogen-bond donors (Lipinski definition) is 2. The average Bonchev–Trinajstić information content (AvgIpc) is 3.68. The van der Waals surface area contributed by atoms with Gasteiger partial charge in [0.25, 0.3) is 0 Å². The Morgan fingerprint density at radius 2 is 1.66 bits per heavy atom. The summed E-state index contributed by atoms with van der Waals surface area (Å²) in [7, 11) is -3.50. The summed E-state index contributed by atoms with van der Waals surface area (Å²) >= 11 is 0. The molecule has 0 atom stereocenters. The first-order valence-electron chi connectivity index (χ1n) is 11.4. The summed E-state index contributed by atoms with van der Waals surface area (Å²) in [6, 6.07) is 13.9. The molecule has 1 aromatic heterocycles. The van der Waals surface area contributed by atoms with Gasteiger partial charge in [0.15, 0.2) is 21.5 Å². The molecule has 2 N–H and O–H groups in total. The largest absolute Gasteiger partial charge is 0.378 e. The average molecular weight is 495 g/mol. The van der Waals surface area contributed by atoms with Crippen LogP contribution in [0.15, 0.2) is 53.4 Å². The lowest BCUT2D eigenvalue weighted by atomic mass is 10.1. The summed E-state index contributed by atoms with van der Waals surface area (Å²) in [5.41, 5.74) is 1.79.